The molecule has 1 rings (SSSR count). The van der Waals surface area contributed by atoms with Gasteiger partial charge in [0.05, 0.1) is 12.2 Å². The Balaban J connectivity index is 2.80. The zero-order chi connectivity index (χ0) is 11.4. The lowest BCUT2D eigenvalue weighted by Crippen LogP contribution is -2.27. The van der Waals surface area contributed by atoms with E-state index in [1.807, 2.05) is 6.92 Å². The van der Waals surface area contributed by atoms with Gasteiger partial charge >= 0.3 is 0 Å². The molecule has 0 aliphatic rings. The third-order valence-corrected chi connectivity index (χ3v) is 3.05. The van der Waals surface area contributed by atoms with Gasteiger partial charge in [0.1, 0.15) is 0 Å². The van der Waals surface area contributed by atoms with E-state index >= 15 is 0 Å². The lowest BCUT2D eigenvalue weighted by atomic mass is 10.0. The molecule has 0 saturated heterocycles. The van der Waals surface area contributed by atoms with Gasteiger partial charge < -0.3 is 10.2 Å². The Hall–Kier alpha value is -0.280. The number of rotatable bonds is 4. The number of aliphatic hydroxyl groups excluding tert-OH is 2. The topological polar surface area (TPSA) is 40.5 Å². The fourth-order valence-electron chi connectivity index (χ4n) is 1.34. The van der Waals surface area contributed by atoms with Gasteiger partial charge in [0.25, 0.3) is 0 Å². The van der Waals surface area contributed by atoms with E-state index in [1.165, 1.54) is 0 Å². The maximum Gasteiger partial charge on any atom is 0.0840 e. The SMILES string of the molecule is CCC(O)C(O)Cc1c(Cl)cccc1Cl. The third-order valence-electron chi connectivity index (χ3n) is 2.34. The summed E-state index contributed by atoms with van der Waals surface area (Å²) in [6, 6.07) is 5.18. The second-order valence-electron chi connectivity index (χ2n) is 3.45. The Morgan fingerprint density at radius 1 is 1.13 bits per heavy atom. The second-order valence-corrected chi connectivity index (χ2v) is 4.26. The highest BCUT2D eigenvalue weighted by Gasteiger charge is 2.17. The van der Waals surface area contributed by atoms with Crippen LogP contribution in [0.2, 0.25) is 10.0 Å². The molecule has 2 nitrogen and oxygen atoms in total. The van der Waals surface area contributed by atoms with Gasteiger partial charge in [-0.25, -0.2) is 0 Å². The van der Waals surface area contributed by atoms with Crippen LogP contribution < -0.4 is 0 Å². The summed E-state index contributed by atoms with van der Waals surface area (Å²) in [6.07, 6.45) is -0.791. The van der Waals surface area contributed by atoms with E-state index in [0.717, 1.165) is 0 Å². The van der Waals surface area contributed by atoms with Crippen LogP contribution in [0.25, 0.3) is 0 Å². The van der Waals surface area contributed by atoms with Crippen LogP contribution in [0.5, 0.6) is 0 Å². The fourth-order valence-corrected chi connectivity index (χ4v) is 1.90. The summed E-state index contributed by atoms with van der Waals surface area (Å²) in [5.41, 5.74) is 0.681. The normalized spacial score (nSPS) is 15.0. The molecule has 0 aliphatic heterocycles. The number of halogens is 2. The van der Waals surface area contributed by atoms with Gasteiger partial charge in [0.15, 0.2) is 0 Å². The van der Waals surface area contributed by atoms with E-state index in [-0.39, 0.29) is 6.42 Å². The Bertz CT molecular complexity index is 308. The molecule has 84 valence electrons. The van der Waals surface area contributed by atoms with Crippen molar-refractivity contribution in [2.75, 3.05) is 0 Å². The molecule has 4 heteroatoms. The molecule has 0 bridgehead atoms. The van der Waals surface area contributed by atoms with Crippen LogP contribution in [0.1, 0.15) is 18.9 Å². The van der Waals surface area contributed by atoms with Crippen molar-refractivity contribution in [2.45, 2.75) is 32.0 Å². The van der Waals surface area contributed by atoms with Crippen LogP contribution in [-0.2, 0) is 6.42 Å². The molecular weight excluding hydrogens is 235 g/mol. The minimum absolute atomic E-state index is 0.271. The average molecular weight is 249 g/mol. The summed E-state index contributed by atoms with van der Waals surface area (Å²) in [5.74, 6) is 0. The standard InChI is InChI=1S/C11H14Cl2O2/c1-2-10(14)11(15)6-7-8(12)4-3-5-9(7)13/h3-5,10-11,14-15H,2,6H2,1H3. The first-order chi connectivity index (χ1) is 7.06. The second kappa shape index (κ2) is 5.71. The highest BCUT2D eigenvalue weighted by Crippen LogP contribution is 2.26. The summed E-state index contributed by atoms with van der Waals surface area (Å²) < 4.78 is 0. The lowest BCUT2D eigenvalue weighted by molar-refractivity contribution is 0.0182. The van der Waals surface area contributed by atoms with Crippen molar-refractivity contribution >= 4 is 23.2 Å². The van der Waals surface area contributed by atoms with Gasteiger partial charge in [0, 0.05) is 16.5 Å². The Morgan fingerprint density at radius 3 is 2.13 bits per heavy atom. The summed E-state index contributed by atoms with van der Waals surface area (Å²) in [7, 11) is 0. The highest BCUT2D eigenvalue weighted by molar-refractivity contribution is 6.35. The molecule has 0 spiro atoms. The van der Waals surface area contributed by atoms with E-state index in [0.29, 0.717) is 22.0 Å². The Labute approximate surface area is 99.5 Å². The fraction of sp³-hybridized carbons (Fsp3) is 0.455. The van der Waals surface area contributed by atoms with Crippen LogP contribution in [0, 0.1) is 0 Å². The molecule has 0 aliphatic carbocycles. The van der Waals surface area contributed by atoms with Gasteiger partial charge in [0.2, 0.25) is 0 Å². The zero-order valence-electron chi connectivity index (χ0n) is 8.45. The molecular formula is C11H14Cl2O2. The van der Waals surface area contributed by atoms with E-state index in [9.17, 15) is 10.2 Å². The van der Waals surface area contributed by atoms with Crippen LogP contribution in [0.15, 0.2) is 18.2 Å². The highest BCUT2D eigenvalue weighted by atomic mass is 35.5. The van der Waals surface area contributed by atoms with Crippen LogP contribution in [0.3, 0.4) is 0 Å². The van der Waals surface area contributed by atoms with Gasteiger partial charge in [-0.05, 0) is 24.1 Å². The number of hydrogen-bond acceptors (Lipinski definition) is 2. The predicted molar refractivity (Wildman–Crippen MR) is 62.5 cm³/mol. The van der Waals surface area contributed by atoms with Gasteiger partial charge in [-0.15, -0.1) is 0 Å². The molecule has 0 radical (unpaired) electrons. The van der Waals surface area contributed by atoms with Crippen molar-refractivity contribution in [1.82, 2.24) is 0 Å². The summed E-state index contributed by atoms with van der Waals surface area (Å²) >= 11 is 11.9. The van der Waals surface area contributed by atoms with Crippen molar-refractivity contribution in [3.63, 3.8) is 0 Å². The van der Waals surface area contributed by atoms with E-state index in [4.69, 9.17) is 23.2 Å². The van der Waals surface area contributed by atoms with Crippen molar-refractivity contribution in [3.8, 4) is 0 Å². The monoisotopic (exact) mass is 248 g/mol. The molecule has 0 amide bonds. The van der Waals surface area contributed by atoms with Crippen LogP contribution in [-0.4, -0.2) is 22.4 Å². The molecule has 0 heterocycles. The van der Waals surface area contributed by atoms with Crippen molar-refractivity contribution in [3.05, 3.63) is 33.8 Å². The van der Waals surface area contributed by atoms with Gasteiger partial charge in [-0.3, -0.25) is 0 Å². The zero-order valence-corrected chi connectivity index (χ0v) is 9.96. The Kier molecular flexibility index (Phi) is 4.87. The average Bonchev–Trinajstić information content (AvgIpc) is 2.22. The van der Waals surface area contributed by atoms with Crippen molar-refractivity contribution in [1.29, 1.82) is 0 Å². The van der Waals surface area contributed by atoms with Crippen molar-refractivity contribution in [2.24, 2.45) is 0 Å². The molecule has 0 aromatic heterocycles. The van der Waals surface area contributed by atoms with E-state index < -0.39 is 12.2 Å². The molecule has 2 unspecified atom stereocenters. The maximum atomic E-state index is 9.65. The number of hydrogen-bond donors (Lipinski definition) is 2. The minimum Gasteiger partial charge on any atom is -0.390 e. The molecule has 1 aromatic carbocycles. The Morgan fingerprint density at radius 2 is 1.67 bits per heavy atom. The third kappa shape index (κ3) is 3.35. The minimum atomic E-state index is -0.826. The van der Waals surface area contributed by atoms with E-state index in [2.05, 4.69) is 0 Å². The van der Waals surface area contributed by atoms with Crippen LogP contribution in [0.4, 0.5) is 0 Å². The molecule has 15 heavy (non-hydrogen) atoms. The quantitative estimate of drug-likeness (QED) is 0.861. The largest absolute Gasteiger partial charge is 0.390 e. The first-order valence-corrected chi connectivity index (χ1v) is 5.60. The van der Waals surface area contributed by atoms with Gasteiger partial charge in [-0.1, -0.05) is 36.2 Å². The smallest absolute Gasteiger partial charge is 0.0840 e. The van der Waals surface area contributed by atoms with Crippen LogP contribution >= 0.6 is 23.2 Å². The molecule has 2 N–H and O–H groups in total. The first kappa shape index (κ1) is 12.8. The lowest BCUT2D eigenvalue weighted by Gasteiger charge is -2.17. The molecule has 0 fully saturated rings. The van der Waals surface area contributed by atoms with Gasteiger partial charge in [-0.2, -0.15) is 0 Å². The summed E-state index contributed by atoms with van der Waals surface area (Å²) in [5, 5.41) is 20.1. The predicted octanol–water partition coefficient (Wildman–Crippen LogP) is 2.67. The van der Waals surface area contributed by atoms with E-state index in [1.54, 1.807) is 18.2 Å². The van der Waals surface area contributed by atoms with Crippen molar-refractivity contribution < 1.29 is 10.2 Å². The summed E-state index contributed by atoms with van der Waals surface area (Å²) in [6.45, 7) is 1.81. The number of aliphatic hydroxyl groups is 2. The summed E-state index contributed by atoms with van der Waals surface area (Å²) in [4.78, 5) is 0. The number of benzene rings is 1. The first-order valence-electron chi connectivity index (χ1n) is 4.85. The molecule has 0 saturated carbocycles. The maximum absolute atomic E-state index is 9.65. The molecule has 2 atom stereocenters. The molecule has 1 aromatic rings.